The van der Waals surface area contributed by atoms with E-state index in [9.17, 15) is 4.79 Å². The number of halogens is 1. The number of rotatable bonds is 3. The van der Waals surface area contributed by atoms with Crippen molar-refractivity contribution in [3.8, 4) is 5.75 Å². The van der Waals surface area contributed by atoms with E-state index in [0.29, 0.717) is 27.8 Å². The Morgan fingerprint density at radius 2 is 2.11 bits per heavy atom. The largest absolute Gasteiger partial charge is 0.497 e. The molecule has 0 spiro atoms. The second-order valence-corrected chi connectivity index (χ2v) is 4.39. The minimum absolute atomic E-state index is 0.236. The van der Waals surface area contributed by atoms with Gasteiger partial charge in [0, 0.05) is 23.0 Å². The number of aromatic nitrogens is 1. The van der Waals surface area contributed by atoms with Crippen LogP contribution in [0.25, 0.3) is 0 Å². The number of hydrogen-bond donors (Lipinski definition) is 1. The maximum absolute atomic E-state index is 12.1. The molecule has 0 saturated carbocycles. The molecule has 0 fully saturated rings. The Hall–Kier alpha value is -2.07. The number of methoxy groups -OCH3 is 1. The van der Waals surface area contributed by atoms with Crippen LogP contribution in [0.5, 0.6) is 5.75 Å². The van der Waals surface area contributed by atoms with Gasteiger partial charge in [-0.25, -0.2) is 4.98 Å². The Kier molecular flexibility index (Phi) is 4.02. The Morgan fingerprint density at radius 3 is 2.79 bits per heavy atom. The summed E-state index contributed by atoms with van der Waals surface area (Å²) >= 11 is 5.83. The van der Waals surface area contributed by atoms with Crippen LogP contribution in [-0.4, -0.2) is 18.0 Å². The predicted molar refractivity (Wildman–Crippen MR) is 74.9 cm³/mol. The molecule has 1 N–H and O–H groups in total. The van der Waals surface area contributed by atoms with Crippen molar-refractivity contribution < 1.29 is 9.53 Å². The average Bonchev–Trinajstić information content (AvgIpc) is 2.37. The van der Waals surface area contributed by atoms with Crippen LogP contribution in [0.2, 0.25) is 5.15 Å². The van der Waals surface area contributed by atoms with Crippen LogP contribution in [0.4, 0.5) is 5.69 Å². The lowest BCUT2D eigenvalue weighted by molar-refractivity contribution is 0.102. The molecule has 1 aromatic carbocycles. The van der Waals surface area contributed by atoms with E-state index in [-0.39, 0.29) is 5.91 Å². The number of carbonyl (C=O) groups is 1. The van der Waals surface area contributed by atoms with Crippen LogP contribution in [0, 0.1) is 6.92 Å². The van der Waals surface area contributed by atoms with Crippen LogP contribution in [0.1, 0.15) is 16.1 Å². The molecule has 0 bridgehead atoms. The van der Waals surface area contributed by atoms with E-state index < -0.39 is 0 Å². The molecule has 0 atom stereocenters. The quantitative estimate of drug-likeness (QED) is 0.875. The SMILES string of the molecule is COc1cccc(NC(=O)c2cc(C)nc(Cl)c2)c1. The summed E-state index contributed by atoms with van der Waals surface area (Å²) in [4.78, 5) is 16.1. The Bertz CT molecular complexity index is 594. The molecular weight excluding hydrogens is 264 g/mol. The summed E-state index contributed by atoms with van der Waals surface area (Å²) in [6.07, 6.45) is 0. The van der Waals surface area contributed by atoms with Gasteiger partial charge in [0.25, 0.3) is 5.91 Å². The highest BCUT2D eigenvalue weighted by atomic mass is 35.5. The second kappa shape index (κ2) is 5.71. The van der Waals surface area contributed by atoms with Gasteiger partial charge in [0.05, 0.1) is 7.11 Å². The van der Waals surface area contributed by atoms with Gasteiger partial charge in [-0.3, -0.25) is 4.79 Å². The highest BCUT2D eigenvalue weighted by Crippen LogP contribution is 2.18. The van der Waals surface area contributed by atoms with Crippen LogP contribution in [-0.2, 0) is 0 Å². The van der Waals surface area contributed by atoms with E-state index in [2.05, 4.69) is 10.3 Å². The number of anilines is 1. The summed E-state index contributed by atoms with van der Waals surface area (Å²) in [6, 6.07) is 10.4. The van der Waals surface area contributed by atoms with Gasteiger partial charge in [0.1, 0.15) is 10.9 Å². The number of ether oxygens (including phenoxy) is 1. The molecule has 1 heterocycles. The lowest BCUT2D eigenvalue weighted by Crippen LogP contribution is -2.12. The maximum atomic E-state index is 12.1. The van der Waals surface area contributed by atoms with Crippen molar-refractivity contribution in [2.75, 3.05) is 12.4 Å². The zero-order valence-electron chi connectivity index (χ0n) is 10.6. The molecule has 2 aromatic rings. The molecule has 0 saturated heterocycles. The molecule has 0 aliphatic carbocycles. The normalized spacial score (nSPS) is 10.1. The summed E-state index contributed by atoms with van der Waals surface area (Å²) in [6.45, 7) is 1.79. The van der Waals surface area contributed by atoms with Crippen molar-refractivity contribution in [1.82, 2.24) is 4.98 Å². The van der Waals surface area contributed by atoms with Crippen molar-refractivity contribution in [2.24, 2.45) is 0 Å². The zero-order chi connectivity index (χ0) is 13.8. The Balaban J connectivity index is 2.20. The number of benzene rings is 1. The Labute approximate surface area is 116 Å². The van der Waals surface area contributed by atoms with Gasteiger partial charge in [-0.15, -0.1) is 0 Å². The summed E-state index contributed by atoms with van der Waals surface area (Å²) in [5.41, 5.74) is 1.83. The number of aryl methyl sites for hydroxylation is 1. The minimum atomic E-state index is -0.236. The molecule has 0 aliphatic heterocycles. The van der Waals surface area contributed by atoms with E-state index in [0.717, 1.165) is 0 Å². The van der Waals surface area contributed by atoms with E-state index >= 15 is 0 Å². The molecule has 0 unspecified atom stereocenters. The zero-order valence-corrected chi connectivity index (χ0v) is 11.4. The fourth-order valence-electron chi connectivity index (χ4n) is 1.66. The van der Waals surface area contributed by atoms with E-state index in [1.807, 2.05) is 6.07 Å². The average molecular weight is 277 g/mol. The van der Waals surface area contributed by atoms with E-state index in [4.69, 9.17) is 16.3 Å². The number of nitrogens with zero attached hydrogens (tertiary/aromatic N) is 1. The maximum Gasteiger partial charge on any atom is 0.255 e. The number of amides is 1. The summed E-state index contributed by atoms with van der Waals surface area (Å²) in [5.74, 6) is 0.447. The van der Waals surface area contributed by atoms with E-state index in [1.54, 1.807) is 38.3 Å². The molecule has 1 amide bonds. The second-order valence-electron chi connectivity index (χ2n) is 4.01. The molecular formula is C14H13ClN2O2. The fourth-order valence-corrected chi connectivity index (χ4v) is 1.91. The standard InChI is InChI=1S/C14H13ClN2O2/c1-9-6-10(7-13(15)16-9)14(18)17-11-4-3-5-12(8-11)19-2/h3-8H,1-2H3,(H,17,18). The highest BCUT2D eigenvalue weighted by molar-refractivity contribution is 6.29. The first kappa shape index (κ1) is 13.4. The van der Waals surface area contributed by atoms with Crippen molar-refractivity contribution >= 4 is 23.2 Å². The van der Waals surface area contributed by atoms with Gasteiger partial charge in [0.2, 0.25) is 0 Å². The minimum Gasteiger partial charge on any atom is -0.497 e. The van der Waals surface area contributed by atoms with E-state index in [1.165, 1.54) is 6.07 Å². The summed E-state index contributed by atoms with van der Waals surface area (Å²) < 4.78 is 5.10. The van der Waals surface area contributed by atoms with Crippen LogP contribution in [0.3, 0.4) is 0 Å². The number of pyridine rings is 1. The highest BCUT2D eigenvalue weighted by Gasteiger charge is 2.08. The van der Waals surface area contributed by atoms with Crippen molar-refractivity contribution in [3.05, 3.63) is 52.8 Å². The predicted octanol–water partition coefficient (Wildman–Crippen LogP) is 3.30. The molecule has 98 valence electrons. The van der Waals surface area contributed by atoms with Gasteiger partial charge in [0.15, 0.2) is 0 Å². The third-order valence-corrected chi connectivity index (χ3v) is 2.71. The van der Waals surface area contributed by atoms with Gasteiger partial charge in [-0.2, -0.15) is 0 Å². The smallest absolute Gasteiger partial charge is 0.255 e. The van der Waals surface area contributed by atoms with Crippen LogP contribution < -0.4 is 10.1 Å². The van der Waals surface area contributed by atoms with Crippen LogP contribution in [0.15, 0.2) is 36.4 Å². The van der Waals surface area contributed by atoms with Crippen LogP contribution >= 0.6 is 11.6 Å². The molecule has 19 heavy (non-hydrogen) atoms. The number of hydrogen-bond acceptors (Lipinski definition) is 3. The molecule has 5 heteroatoms. The number of nitrogens with one attached hydrogen (secondary N) is 1. The first-order valence-electron chi connectivity index (χ1n) is 5.68. The summed E-state index contributed by atoms with van der Waals surface area (Å²) in [5, 5.41) is 3.08. The van der Waals surface area contributed by atoms with Gasteiger partial charge in [-0.1, -0.05) is 17.7 Å². The first-order valence-corrected chi connectivity index (χ1v) is 6.06. The summed E-state index contributed by atoms with van der Waals surface area (Å²) in [7, 11) is 1.58. The molecule has 4 nitrogen and oxygen atoms in total. The third kappa shape index (κ3) is 3.45. The molecule has 0 aliphatic rings. The van der Waals surface area contributed by atoms with Gasteiger partial charge < -0.3 is 10.1 Å². The monoisotopic (exact) mass is 276 g/mol. The fraction of sp³-hybridized carbons (Fsp3) is 0.143. The molecule has 1 aromatic heterocycles. The third-order valence-electron chi connectivity index (χ3n) is 2.51. The number of carbonyl (C=O) groups excluding carboxylic acids is 1. The topological polar surface area (TPSA) is 51.2 Å². The molecule has 2 rings (SSSR count). The van der Waals surface area contributed by atoms with Gasteiger partial charge >= 0.3 is 0 Å². The Morgan fingerprint density at radius 1 is 1.32 bits per heavy atom. The van der Waals surface area contributed by atoms with Crippen molar-refractivity contribution in [3.63, 3.8) is 0 Å². The first-order chi connectivity index (χ1) is 9.08. The van der Waals surface area contributed by atoms with Gasteiger partial charge in [-0.05, 0) is 31.2 Å². The molecule has 0 radical (unpaired) electrons. The lowest BCUT2D eigenvalue weighted by atomic mass is 10.2. The lowest BCUT2D eigenvalue weighted by Gasteiger charge is -2.07. The van der Waals surface area contributed by atoms with Crippen molar-refractivity contribution in [1.29, 1.82) is 0 Å². The van der Waals surface area contributed by atoms with Crippen molar-refractivity contribution in [2.45, 2.75) is 6.92 Å².